The topological polar surface area (TPSA) is 61.8 Å². The van der Waals surface area contributed by atoms with Crippen LogP contribution in [0.15, 0.2) is 70.6 Å². The summed E-state index contributed by atoms with van der Waals surface area (Å²) < 4.78 is 24.8. The van der Waals surface area contributed by atoms with E-state index in [0.717, 1.165) is 31.9 Å². The fourth-order valence-corrected chi connectivity index (χ4v) is 4.69. The number of benzene rings is 2. The van der Waals surface area contributed by atoms with Crippen molar-refractivity contribution >= 4 is 39.8 Å². The fourth-order valence-electron chi connectivity index (χ4n) is 3.51. The molecular weight excluding hydrogens is 485 g/mol. The van der Waals surface area contributed by atoms with Crippen molar-refractivity contribution < 1.29 is 8.42 Å². The summed E-state index contributed by atoms with van der Waals surface area (Å²) in [7, 11) is -1.53. The summed E-state index contributed by atoms with van der Waals surface area (Å²) in [6.45, 7) is 2.24. The molecule has 2 aromatic rings. The lowest BCUT2D eigenvalue weighted by molar-refractivity contribution is 0.461. The first-order valence-electron chi connectivity index (χ1n) is 9.36. The van der Waals surface area contributed by atoms with E-state index in [1.54, 1.807) is 31.3 Å². The van der Waals surface area contributed by atoms with E-state index in [0.29, 0.717) is 17.4 Å². The number of guanidine groups is 1. The number of sulfone groups is 1. The molecule has 1 saturated heterocycles. The molecule has 1 aliphatic rings. The van der Waals surface area contributed by atoms with Crippen molar-refractivity contribution in [2.45, 2.75) is 17.7 Å². The standard InChI is InChI=1S/C21H27N3O2S.HI/c1-22-21(23-13-15-27(25,26)20-10-6-3-7-11-20)24-14-12-19(17-24)16-18-8-4-2-5-9-18;/h2-11,19H,12-17H2,1H3,(H,22,23);1H. The molecule has 2 aromatic carbocycles. The zero-order chi connectivity index (χ0) is 19.1. The Morgan fingerprint density at radius 1 is 1.11 bits per heavy atom. The molecule has 0 aliphatic carbocycles. The second-order valence-electron chi connectivity index (χ2n) is 6.90. The first-order chi connectivity index (χ1) is 13.1. The second kappa shape index (κ2) is 10.8. The number of nitrogens with zero attached hydrogens (tertiary/aromatic N) is 2. The third-order valence-electron chi connectivity index (χ3n) is 4.92. The second-order valence-corrected chi connectivity index (χ2v) is 9.01. The lowest BCUT2D eigenvalue weighted by Crippen LogP contribution is -2.41. The van der Waals surface area contributed by atoms with E-state index in [1.807, 2.05) is 12.1 Å². The van der Waals surface area contributed by atoms with Gasteiger partial charge < -0.3 is 10.2 Å². The molecule has 5 nitrogen and oxygen atoms in total. The van der Waals surface area contributed by atoms with Gasteiger partial charge in [-0.25, -0.2) is 8.42 Å². The number of aliphatic imine (C=N–C) groups is 1. The van der Waals surface area contributed by atoms with Gasteiger partial charge in [-0.1, -0.05) is 48.5 Å². The summed E-state index contributed by atoms with van der Waals surface area (Å²) >= 11 is 0. The zero-order valence-corrected chi connectivity index (χ0v) is 19.3. The lowest BCUT2D eigenvalue weighted by Gasteiger charge is -2.21. The Bertz CT molecular complexity index is 858. The number of likely N-dealkylation sites (tertiary alicyclic amines) is 1. The minimum absolute atomic E-state index is 0. The van der Waals surface area contributed by atoms with Gasteiger partial charge in [0.15, 0.2) is 15.8 Å². The number of halogens is 1. The monoisotopic (exact) mass is 513 g/mol. The smallest absolute Gasteiger partial charge is 0.193 e. The normalized spacial score (nSPS) is 17.2. The molecule has 0 aromatic heterocycles. The molecular formula is C21H28IN3O2S. The predicted octanol–water partition coefficient (Wildman–Crippen LogP) is 3.22. The maximum absolute atomic E-state index is 12.4. The molecule has 1 fully saturated rings. The largest absolute Gasteiger partial charge is 0.355 e. The Morgan fingerprint density at radius 3 is 2.39 bits per heavy atom. The molecule has 1 unspecified atom stereocenters. The number of rotatable bonds is 6. The summed E-state index contributed by atoms with van der Waals surface area (Å²) in [5.74, 6) is 1.44. The van der Waals surface area contributed by atoms with Crippen LogP contribution in [0, 0.1) is 5.92 Å². The van der Waals surface area contributed by atoms with Gasteiger partial charge in [0.2, 0.25) is 0 Å². The van der Waals surface area contributed by atoms with Crippen molar-refractivity contribution in [3.63, 3.8) is 0 Å². The Labute approximate surface area is 185 Å². The van der Waals surface area contributed by atoms with Crippen LogP contribution in [0.4, 0.5) is 0 Å². The molecule has 1 N–H and O–H groups in total. The highest BCUT2D eigenvalue weighted by atomic mass is 127. The molecule has 7 heteroatoms. The van der Waals surface area contributed by atoms with E-state index in [1.165, 1.54) is 5.56 Å². The highest BCUT2D eigenvalue weighted by molar-refractivity contribution is 14.0. The Balaban J connectivity index is 0.00000280. The summed E-state index contributed by atoms with van der Waals surface area (Å²) in [5.41, 5.74) is 1.36. The van der Waals surface area contributed by atoms with E-state index < -0.39 is 9.84 Å². The predicted molar refractivity (Wildman–Crippen MR) is 125 cm³/mol. The van der Waals surface area contributed by atoms with Gasteiger partial charge in [-0.3, -0.25) is 4.99 Å². The van der Waals surface area contributed by atoms with Crippen LogP contribution in [0.3, 0.4) is 0 Å². The van der Waals surface area contributed by atoms with Crippen molar-refractivity contribution in [2.24, 2.45) is 10.9 Å². The minimum Gasteiger partial charge on any atom is -0.355 e. The van der Waals surface area contributed by atoms with E-state index in [4.69, 9.17) is 0 Å². The third kappa shape index (κ3) is 6.20. The van der Waals surface area contributed by atoms with Gasteiger partial charge in [0, 0.05) is 26.7 Å². The van der Waals surface area contributed by atoms with Crippen LogP contribution in [0.5, 0.6) is 0 Å². The van der Waals surface area contributed by atoms with Crippen LogP contribution in [0.1, 0.15) is 12.0 Å². The van der Waals surface area contributed by atoms with Gasteiger partial charge in [0.1, 0.15) is 0 Å². The Kier molecular flexibility index (Phi) is 8.75. The van der Waals surface area contributed by atoms with Gasteiger partial charge in [0.25, 0.3) is 0 Å². The minimum atomic E-state index is -3.28. The van der Waals surface area contributed by atoms with E-state index >= 15 is 0 Å². The van der Waals surface area contributed by atoms with Crippen LogP contribution in [0.2, 0.25) is 0 Å². The highest BCUT2D eigenvalue weighted by Crippen LogP contribution is 2.20. The molecule has 0 spiro atoms. The quantitative estimate of drug-likeness (QED) is 0.366. The van der Waals surface area contributed by atoms with Crippen molar-refractivity contribution in [1.29, 1.82) is 0 Å². The summed E-state index contributed by atoms with van der Waals surface area (Å²) in [5, 5.41) is 3.22. The van der Waals surface area contributed by atoms with Crippen molar-refractivity contribution in [2.75, 3.05) is 32.4 Å². The summed E-state index contributed by atoms with van der Waals surface area (Å²) in [6.07, 6.45) is 2.19. The molecule has 28 heavy (non-hydrogen) atoms. The Hall–Kier alpha value is -1.61. The number of hydrogen-bond donors (Lipinski definition) is 1. The van der Waals surface area contributed by atoms with Crippen LogP contribution in [0.25, 0.3) is 0 Å². The lowest BCUT2D eigenvalue weighted by atomic mass is 9.99. The van der Waals surface area contributed by atoms with Crippen LogP contribution in [-0.4, -0.2) is 51.7 Å². The SMILES string of the molecule is CN=C(NCCS(=O)(=O)c1ccccc1)N1CCC(Cc2ccccc2)C1.I. The third-order valence-corrected chi connectivity index (χ3v) is 6.65. The van der Waals surface area contributed by atoms with Gasteiger partial charge in [-0.15, -0.1) is 24.0 Å². The average molecular weight is 513 g/mol. The molecule has 0 amide bonds. The van der Waals surface area contributed by atoms with Crippen LogP contribution >= 0.6 is 24.0 Å². The zero-order valence-electron chi connectivity index (χ0n) is 16.1. The molecule has 0 bridgehead atoms. The highest BCUT2D eigenvalue weighted by Gasteiger charge is 2.25. The van der Waals surface area contributed by atoms with Gasteiger partial charge in [-0.05, 0) is 36.5 Å². The maximum atomic E-state index is 12.4. The molecule has 1 atom stereocenters. The maximum Gasteiger partial charge on any atom is 0.193 e. The van der Waals surface area contributed by atoms with E-state index in [-0.39, 0.29) is 29.7 Å². The molecule has 0 saturated carbocycles. The van der Waals surface area contributed by atoms with Crippen LogP contribution < -0.4 is 5.32 Å². The average Bonchev–Trinajstić information content (AvgIpc) is 3.15. The van der Waals surface area contributed by atoms with Gasteiger partial charge >= 0.3 is 0 Å². The first-order valence-corrected chi connectivity index (χ1v) is 11.0. The van der Waals surface area contributed by atoms with E-state index in [2.05, 4.69) is 39.5 Å². The first kappa shape index (κ1) is 22.7. The number of hydrogen-bond acceptors (Lipinski definition) is 3. The summed E-state index contributed by atoms with van der Waals surface area (Å²) in [6, 6.07) is 19.1. The van der Waals surface area contributed by atoms with Crippen molar-refractivity contribution in [1.82, 2.24) is 10.2 Å². The van der Waals surface area contributed by atoms with Crippen molar-refractivity contribution in [3.05, 3.63) is 66.2 Å². The summed E-state index contributed by atoms with van der Waals surface area (Å²) in [4.78, 5) is 6.93. The number of nitrogens with one attached hydrogen (secondary N) is 1. The van der Waals surface area contributed by atoms with E-state index in [9.17, 15) is 8.42 Å². The van der Waals surface area contributed by atoms with Gasteiger partial charge in [-0.2, -0.15) is 0 Å². The molecule has 0 radical (unpaired) electrons. The molecule has 3 rings (SSSR count). The van der Waals surface area contributed by atoms with Gasteiger partial charge in [0.05, 0.1) is 10.6 Å². The Morgan fingerprint density at radius 2 is 1.75 bits per heavy atom. The molecule has 1 heterocycles. The fraction of sp³-hybridized carbons (Fsp3) is 0.381. The molecule has 152 valence electrons. The van der Waals surface area contributed by atoms with Crippen LogP contribution in [-0.2, 0) is 16.3 Å². The molecule has 1 aliphatic heterocycles. The van der Waals surface area contributed by atoms with Crippen molar-refractivity contribution in [3.8, 4) is 0 Å².